The second-order valence-corrected chi connectivity index (χ2v) is 6.68. The standard InChI is InChI=1S/C17H31N9O8/c18-4-11(28)26-10(8-27)16(34)24-6-13(30)25-9(2-1-3-21-17(19)20)15(33)23-5-12(29)22-7-14(31)32/h9-10,27H,1-8,18H2,(H,22,29)(H,23,33)(H,24,34)(H,25,30)(H,26,28)(H,31,32)(H4,19,20,21)/t9-,10-/m0/s1. The predicted octanol–water partition coefficient (Wildman–Crippen LogP) is -6.61. The summed E-state index contributed by atoms with van der Waals surface area (Å²) in [5, 5.41) is 28.8. The summed E-state index contributed by atoms with van der Waals surface area (Å²) < 4.78 is 0. The van der Waals surface area contributed by atoms with Gasteiger partial charge < -0.3 is 54.0 Å². The SMILES string of the molecule is NCC(=O)N[C@@H](CO)C(=O)NCC(=O)N[C@@H](CCCN=C(N)N)C(=O)NCC(=O)NCC(=O)O. The molecule has 17 nitrogen and oxygen atoms in total. The van der Waals surface area contributed by atoms with E-state index in [0.29, 0.717) is 0 Å². The Morgan fingerprint density at radius 2 is 1.35 bits per heavy atom. The van der Waals surface area contributed by atoms with Crippen LogP contribution in [0.5, 0.6) is 0 Å². The van der Waals surface area contributed by atoms with Gasteiger partial charge in [-0.25, -0.2) is 0 Å². The number of carbonyl (C=O) groups is 6. The summed E-state index contributed by atoms with van der Waals surface area (Å²) in [6.07, 6.45) is 0.330. The molecule has 0 bridgehead atoms. The molecule has 0 aromatic heterocycles. The van der Waals surface area contributed by atoms with Crippen LogP contribution >= 0.6 is 0 Å². The molecule has 0 aliphatic heterocycles. The topological polar surface area (TPSA) is 293 Å². The Morgan fingerprint density at radius 3 is 1.88 bits per heavy atom. The predicted molar refractivity (Wildman–Crippen MR) is 117 cm³/mol. The molecular weight excluding hydrogens is 458 g/mol. The summed E-state index contributed by atoms with van der Waals surface area (Å²) >= 11 is 0. The first-order valence-electron chi connectivity index (χ1n) is 9.99. The number of nitrogens with two attached hydrogens (primary N) is 3. The Kier molecular flexibility index (Phi) is 14.7. The number of aliphatic carboxylic acids is 1. The lowest BCUT2D eigenvalue weighted by Crippen LogP contribution is -2.54. The van der Waals surface area contributed by atoms with Crippen LogP contribution < -0.4 is 43.8 Å². The van der Waals surface area contributed by atoms with Crippen LogP contribution in [0.25, 0.3) is 0 Å². The van der Waals surface area contributed by atoms with Crippen molar-refractivity contribution in [3.63, 3.8) is 0 Å². The molecule has 0 radical (unpaired) electrons. The average molecular weight is 489 g/mol. The Bertz CT molecular complexity index is 770. The zero-order chi connectivity index (χ0) is 26.1. The monoisotopic (exact) mass is 489 g/mol. The van der Waals surface area contributed by atoms with Gasteiger partial charge in [-0.15, -0.1) is 0 Å². The van der Waals surface area contributed by atoms with Crippen molar-refractivity contribution in [1.82, 2.24) is 26.6 Å². The number of carboxylic acids is 1. The number of carbonyl (C=O) groups excluding carboxylic acids is 5. The third-order valence-corrected chi connectivity index (χ3v) is 3.90. The highest BCUT2D eigenvalue weighted by atomic mass is 16.4. The van der Waals surface area contributed by atoms with Gasteiger partial charge in [0.2, 0.25) is 29.5 Å². The van der Waals surface area contributed by atoms with Crippen molar-refractivity contribution in [2.75, 3.05) is 39.3 Å². The molecule has 0 aliphatic rings. The van der Waals surface area contributed by atoms with Crippen LogP contribution in [0.4, 0.5) is 0 Å². The van der Waals surface area contributed by atoms with E-state index in [2.05, 4.69) is 31.6 Å². The number of nitrogens with one attached hydrogen (secondary N) is 5. The van der Waals surface area contributed by atoms with Gasteiger partial charge in [0.25, 0.3) is 0 Å². The van der Waals surface area contributed by atoms with E-state index in [1.165, 1.54) is 0 Å². The molecule has 5 amide bonds. The minimum atomic E-state index is -1.33. The van der Waals surface area contributed by atoms with Gasteiger partial charge >= 0.3 is 5.97 Å². The molecule has 0 rings (SSSR count). The van der Waals surface area contributed by atoms with Gasteiger partial charge in [-0.3, -0.25) is 33.8 Å². The molecule has 192 valence electrons. The lowest BCUT2D eigenvalue weighted by molar-refractivity contribution is -0.138. The molecule has 34 heavy (non-hydrogen) atoms. The fourth-order valence-corrected chi connectivity index (χ4v) is 2.28. The van der Waals surface area contributed by atoms with Crippen LogP contribution in [0.1, 0.15) is 12.8 Å². The number of hydrogen-bond donors (Lipinski definition) is 10. The quantitative estimate of drug-likeness (QED) is 0.0552. The number of guanidine groups is 1. The van der Waals surface area contributed by atoms with Crippen molar-refractivity contribution in [2.24, 2.45) is 22.2 Å². The maximum absolute atomic E-state index is 12.4. The van der Waals surface area contributed by atoms with E-state index < -0.39 is 80.4 Å². The molecule has 0 saturated carbocycles. The van der Waals surface area contributed by atoms with E-state index in [4.69, 9.17) is 22.3 Å². The number of hydrogen-bond acceptors (Lipinski definition) is 9. The lowest BCUT2D eigenvalue weighted by Gasteiger charge is -2.19. The Labute approximate surface area is 194 Å². The van der Waals surface area contributed by atoms with Gasteiger partial charge in [0, 0.05) is 6.54 Å². The average Bonchev–Trinajstić information content (AvgIpc) is 2.79. The lowest BCUT2D eigenvalue weighted by atomic mass is 10.1. The summed E-state index contributed by atoms with van der Waals surface area (Å²) in [5.41, 5.74) is 15.6. The molecule has 0 aliphatic carbocycles. The van der Waals surface area contributed by atoms with Gasteiger partial charge in [0.1, 0.15) is 18.6 Å². The van der Waals surface area contributed by atoms with Gasteiger partial charge in [-0.2, -0.15) is 0 Å². The summed E-state index contributed by atoms with van der Waals surface area (Å²) in [7, 11) is 0. The fraction of sp³-hybridized carbons (Fsp3) is 0.588. The number of nitrogens with zero attached hydrogens (tertiary/aromatic N) is 1. The molecule has 17 heteroatoms. The van der Waals surface area contributed by atoms with Crippen molar-refractivity contribution in [2.45, 2.75) is 24.9 Å². The molecule has 0 saturated heterocycles. The number of carboxylic acid groups (broad SMARTS) is 1. The van der Waals surface area contributed by atoms with Crippen molar-refractivity contribution in [3.05, 3.63) is 0 Å². The van der Waals surface area contributed by atoms with Crippen molar-refractivity contribution < 1.29 is 39.0 Å². The van der Waals surface area contributed by atoms with E-state index in [9.17, 15) is 33.9 Å². The first-order valence-corrected chi connectivity index (χ1v) is 9.99. The van der Waals surface area contributed by atoms with Crippen LogP contribution in [-0.4, -0.2) is 103 Å². The first-order chi connectivity index (χ1) is 16.0. The van der Waals surface area contributed by atoms with Crippen LogP contribution in [-0.2, 0) is 28.8 Å². The molecule has 0 spiro atoms. The molecule has 2 atom stereocenters. The highest BCUT2D eigenvalue weighted by Crippen LogP contribution is 1.99. The highest BCUT2D eigenvalue weighted by Gasteiger charge is 2.23. The Hall–Kier alpha value is -3.99. The highest BCUT2D eigenvalue weighted by molar-refractivity contribution is 5.93. The zero-order valence-electron chi connectivity index (χ0n) is 18.3. The van der Waals surface area contributed by atoms with Crippen LogP contribution in [0.3, 0.4) is 0 Å². The van der Waals surface area contributed by atoms with E-state index in [-0.39, 0.29) is 25.3 Å². The van der Waals surface area contributed by atoms with Crippen LogP contribution in [0.2, 0.25) is 0 Å². The van der Waals surface area contributed by atoms with E-state index in [1.807, 2.05) is 0 Å². The maximum Gasteiger partial charge on any atom is 0.322 e. The number of rotatable bonds is 16. The van der Waals surface area contributed by atoms with Gasteiger partial charge in [0.15, 0.2) is 5.96 Å². The van der Waals surface area contributed by atoms with Crippen molar-refractivity contribution in [1.29, 1.82) is 0 Å². The number of aliphatic hydroxyl groups is 1. The summed E-state index contributed by atoms with van der Waals surface area (Å²) in [5.74, 6) is -5.28. The fourth-order valence-electron chi connectivity index (χ4n) is 2.28. The number of aliphatic imine (C=N–C) groups is 1. The summed E-state index contributed by atoms with van der Waals surface area (Å²) in [4.78, 5) is 73.7. The van der Waals surface area contributed by atoms with Crippen molar-refractivity contribution >= 4 is 41.5 Å². The number of amides is 5. The Morgan fingerprint density at radius 1 is 0.794 bits per heavy atom. The normalized spacial score (nSPS) is 11.8. The summed E-state index contributed by atoms with van der Waals surface area (Å²) in [6.45, 7) is -2.76. The van der Waals surface area contributed by atoms with Gasteiger partial charge in [-0.05, 0) is 12.8 Å². The molecule has 0 fully saturated rings. The third kappa shape index (κ3) is 14.1. The summed E-state index contributed by atoms with van der Waals surface area (Å²) in [6, 6.07) is -2.47. The third-order valence-electron chi connectivity index (χ3n) is 3.90. The minimum absolute atomic E-state index is 0.0604. The van der Waals surface area contributed by atoms with Crippen LogP contribution in [0, 0.1) is 0 Å². The molecule has 0 unspecified atom stereocenters. The maximum atomic E-state index is 12.4. The molecule has 13 N–H and O–H groups in total. The molecule has 0 aromatic rings. The first kappa shape index (κ1) is 30.0. The smallest absolute Gasteiger partial charge is 0.322 e. The molecule has 0 heterocycles. The Balaban J connectivity index is 4.89. The van der Waals surface area contributed by atoms with Gasteiger partial charge in [-0.1, -0.05) is 0 Å². The van der Waals surface area contributed by atoms with Gasteiger partial charge in [0.05, 0.1) is 26.2 Å². The minimum Gasteiger partial charge on any atom is -0.480 e. The second-order valence-electron chi connectivity index (χ2n) is 6.68. The zero-order valence-corrected chi connectivity index (χ0v) is 18.3. The van der Waals surface area contributed by atoms with E-state index in [0.717, 1.165) is 0 Å². The van der Waals surface area contributed by atoms with Crippen LogP contribution in [0.15, 0.2) is 4.99 Å². The van der Waals surface area contributed by atoms with E-state index >= 15 is 0 Å². The largest absolute Gasteiger partial charge is 0.480 e. The number of aliphatic hydroxyl groups excluding tert-OH is 1. The molecular formula is C17H31N9O8. The second kappa shape index (κ2) is 16.6. The molecule has 0 aromatic carbocycles. The van der Waals surface area contributed by atoms with Crippen molar-refractivity contribution in [3.8, 4) is 0 Å². The van der Waals surface area contributed by atoms with E-state index in [1.54, 1.807) is 0 Å².